The zero-order chi connectivity index (χ0) is 15.0. The smallest absolute Gasteiger partial charge is 0.243 e. The highest BCUT2D eigenvalue weighted by Gasteiger charge is 2.38. The van der Waals surface area contributed by atoms with E-state index in [0.717, 1.165) is 10.8 Å². The first-order valence-electron chi connectivity index (χ1n) is 6.82. The van der Waals surface area contributed by atoms with Gasteiger partial charge in [0.25, 0.3) is 0 Å². The summed E-state index contributed by atoms with van der Waals surface area (Å²) in [6, 6.07) is 12.4. The molecule has 0 saturated carbocycles. The Morgan fingerprint density at radius 3 is 2.62 bits per heavy atom. The molecule has 6 heteroatoms. The average molecular weight is 323 g/mol. The summed E-state index contributed by atoms with van der Waals surface area (Å²) >= 11 is 4.35. The van der Waals surface area contributed by atoms with Crippen LogP contribution in [0.2, 0.25) is 0 Å². The first-order chi connectivity index (χ1) is 10.0. The van der Waals surface area contributed by atoms with Gasteiger partial charge in [0.2, 0.25) is 10.0 Å². The number of hydrogen-bond acceptors (Lipinski definition) is 4. The molecule has 0 bridgehead atoms. The molecular weight excluding hydrogens is 306 g/mol. The van der Waals surface area contributed by atoms with Crippen molar-refractivity contribution in [3.63, 3.8) is 0 Å². The van der Waals surface area contributed by atoms with Crippen LogP contribution in [0.3, 0.4) is 0 Å². The number of aliphatic hydroxyl groups is 1. The quantitative estimate of drug-likeness (QED) is 0.848. The second kappa shape index (κ2) is 5.61. The van der Waals surface area contributed by atoms with Gasteiger partial charge in [-0.2, -0.15) is 16.9 Å². The lowest BCUT2D eigenvalue weighted by Gasteiger charge is -2.22. The Kier molecular flexibility index (Phi) is 3.96. The van der Waals surface area contributed by atoms with Crippen molar-refractivity contribution in [2.45, 2.75) is 22.6 Å². The molecule has 0 aromatic heterocycles. The predicted octanol–water partition coefficient (Wildman–Crippen LogP) is 1.89. The van der Waals surface area contributed by atoms with Gasteiger partial charge in [0, 0.05) is 17.8 Å². The van der Waals surface area contributed by atoms with Gasteiger partial charge >= 0.3 is 0 Å². The lowest BCUT2D eigenvalue weighted by Crippen LogP contribution is -2.37. The van der Waals surface area contributed by atoms with Crippen molar-refractivity contribution in [2.24, 2.45) is 0 Å². The highest BCUT2D eigenvalue weighted by molar-refractivity contribution is 7.89. The SMILES string of the molecule is O=S(=O)(c1ccc2ccccc2c1)N1C[C@H](S)C[C@@H]1CO. The lowest BCUT2D eigenvalue weighted by atomic mass is 10.1. The Morgan fingerprint density at radius 2 is 1.90 bits per heavy atom. The van der Waals surface area contributed by atoms with Crippen LogP contribution in [0.1, 0.15) is 6.42 Å². The standard InChI is InChI=1S/C15H17NO3S2/c17-10-13-8-14(20)9-16(13)21(18,19)15-6-5-11-3-1-2-4-12(11)7-15/h1-7,13-14,17,20H,8-10H2/t13-,14-/m1/s1. The average Bonchev–Trinajstić information content (AvgIpc) is 2.88. The van der Waals surface area contributed by atoms with Crippen molar-refractivity contribution in [3.8, 4) is 0 Å². The predicted molar refractivity (Wildman–Crippen MR) is 86.1 cm³/mol. The molecule has 3 rings (SSSR count). The maximum atomic E-state index is 12.8. The van der Waals surface area contributed by atoms with E-state index in [9.17, 15) is 13.5 Å². The van der Waals surface area contributed by atoms with Crippen LogP contribution in [0.15, 0.2) is 47.4 Å². The Labute approximate surface area is 129 Å². The van der Waals surface area contributed by atoms with Gasteiger partial charge in [0.1, 0.15) is 0 Å². The van der Waals surface area contributed by atoms with Crippen LogP contribution in [0.25, 0.3) is 10.8 Å². The molecule has 1 saturated heterocycles. The first kappa shape index (κ1) is 14.8. The lowest BCUT2D eigenvalue weighted by molar-refractivity contribution is 0.213. The second-order valence-corrected chi connectivity index (χ2v) is 7.93. The molecule has 1 N–H and O–H groups in total. The first-order valence-corrected chi connectivity index (χ1v) is 8.77. The van der Waals surface area contributed by atoms with E-state index in [-0.39, 0.29) is 22.8 Å². The Bertz CT molecular complexity index is 760. The third-order valence-electron chi connectivity index (χ3n) is 3.88. The topological polar surface area (TPSA) is 57.6 Å². The Hall–Kier alpha value is -1.08. The summed E-state index contributed by atoms with van der Waals surface area (Å²) in [6.45, 7) is 0.160. The van der Waals surface area contributed by atoms with Crippen molar-refractivity contribution >= 4 is 33.4 Å². The summed E-state index contributed by atoms with van der Waals surface area (Å²) in [5.41, 5.74) is 0. The van der Waals surface area contributed by atoms with Gasteiger partial charge in [0.05, 0.1) is 11.5 Å². The largest absolute Gasteiger partial charge is 0.395 e. The third-order valence-corrected chi connectivity index (χ3v) is 6.17. The van der Waals surface area contributed by atoms with Crippen molar-refractivity contribution in [3.05, 3.63) is 42.5 Å². The van der Waals surface area contributed by atoms with Crippen molar-refractivity contribution in [1.29, 1.82) is 0 Å². The number of thiol groups is 1. The van der Waals surface area contributed by atoms with Crippen molar-refractivity contribution in [1.82, 2.24) is 4.31 Å². The fourth-order valence-corrected chi connectivity index (χ4v) is 5.02. The molecule has 1 aliphatic heterocycles. The fraction of sp³-hybridized carbons (Fsp3) is 0.333. The molecule has 1 aliphatic rings. The summed E-state index contributed by atoms with van der Waals surface area (Å²) in [4.78, 5) is 0.266. The van der Waals surface area contributed by atoms with E-state index in [0.29, 0.717) is 13.0 Å². The minimum atomic E-state index is -3.60. The molecule has 0 radical (unpaired) electrons. The van der Waals surface area contributed by atoms with E-state index in [4.69, 9.17) is 0 Å². The Morgan fingerprint density at radius 1 is 1.19 bits per heavy atom. The van der Waals surface area contributed by atoms with E-state index in [1.54, 1.807) is 12.1 Å². The number of benzene rings is 2. The van der Waals surface area contributed by atoms with Crippen LogP contribution in [-0.4, -0.2) is 42.3 Å². The summed E-state index contributed by atoms with van der Waals surface area (Å²) in [5.74, 6) is 0. The van der Waals surface area contributed by atoms with Crippen LogP contribution < -0.4 is 0 Å². The highest BCUT2D eigenvalue weighted by atomic mass is 32.2. The molecule has 1 heterocycles. The number of sulfonamides is 1. The van der Waals surface area contributed by atoms with E-state index < -0.39 is 10.0 Å². The van der Waals surface area contributed by atoms with Crippen LogP contribution >= 0.6 is 12.6 Å². The molecule has 0 aliphatic carbocycles. The molecule has 0 amide bonds. The minimum Gasteiger partial charge on any atom is -0.395 e. The molecule has 112 valence electrons. The minimum absolute atomic E-state index is 0.0302. The van der Waals surface area contributed by atoms with Crippen LogP contribution in [-0.2, 0) is 10.0 Å². The van der Waals surface area contributed by atoms with Crippen molar-refractivity contribution < 1.29 is 13.5 Å². The van der Waals surface area contributed by atoms with Gasteiger partial charge in [-0.25, -0.2) is 8.42 Å². The van der Waals surface area contributed by atoms with E-state index in [2.05, 4.69) is 12.6 Å². The van der Waals surface area contributed by atoms with Gasteiger partial charge in [0.15, 0.2) is 0 Å². The van der Waals surface area contributed by atoms with Crippen LogP contribution in [0.4, 0.5) is 0 Å². The number of nitrogens with zero attached hydrogens (tertiary/aromatic N) is 1. The maximum Gasteiger partial charge on any atom is 0.243 e. The van der Waals surface area contributed by atoms with Crippen LogP contribution in [0.5, 0.6) is 0 Å². The van der Waals surface area contributed by atoms with E-state index in [1.165, 1.54) is 4.31 Å². The van der Waals surface area contributed by atoms with Crippen LogP contribution in [0, 0.1) is 0 Å². The number of aliphatic hydroxyl groups excluding tert-OH is 1. The monoisotopic (exact) mass is 323 g/mol. The summed E-state index contributed by atoms with van der Waals surface area (Å²) in [6.07, 6.45) is 0.576. The molecule has 0 spiro atoms. The second-order valence-electron chi connectivity index (χ2n) is 5.31. The fourth-order valence-electron chi connectivity index (χ4n) is 2.79. The third kappa shape index (κ3) is 2.68. The molecule has 0 unspecified atom stereocenters. The number of rotatable bonds is 3. The normalized spacial score (nSPS) is 23.7. The van der Waals surface area contributed by atoms with Crippen molar-refractivity contribution in [2.75, 3.05) is 13.2 Å². The van der Waals surface area contributed by atoms with Gasteiger partial charge < -0.3 is 5.11 Å². The number of hydrogen-bond donors (Lipinski definition) is 2. The van der Waals surface area contributed by atoms with E-state index in [1.807, 2.05) is 30.3 Å². The molecular formula is C15H17NO3S2. The molecule has 4 nitrogen and oxygen atoms in total. The summed E-state index contributed by atoms with van der Waals surface area (Å²) in [7, 11) is -3.60. The van der Waals surface area contributed by atoms with Gasteiger partial charge in [-0.15, -0.1) is 0 Å². The van der Waals surface area contributed by atoms with E-state index >= 15 is 0 Å². The molecule has 2 aromatic carbocycles. The molecule has 21 heavy (non-hydrogen) atoms. The van der Waals surface area contributed by atoms with Gasteiger partial charge in [-0.05, 0) is 29.3 Å². The Balaban J connectivity index is 2.03. The molecule has 1 fully saturated rings. The molecule has 2 atom stereocenters. The zero-order valence-electron chi connectivity index (χ0n) is 11.4. The van der Waals surface area contributed by atoms with Gasteiger partial charge in [-0.3, -0.25) is 0 Å². The molecule has 2 aromatic rings. The zero-order valence-corrected chi connectivity index (χ0v) is 13.1. The van der Waals surface area contributed by atoms with Gasteiger partial charge in [-0.1, -0.05) is 30.3 Å². The highest BCUT2D eigenvalue weighted by Crippen LogP contribution is 2.29. The summed E-state index contributed by atoms with van der Waals surface area (Å²) < 4.78 is 26.9. The number of fused-ring (bicyclic) bond motifs is 1. The maximum absolute atomic E-state index is 12.8. The summed E-state index contributed by atoms with van der Waals surface area (Å²) in [5, 5.41) is 11.3.